The lowest BCUT2D eigenvalue weighted by atomic mass is 9.89. The molecule has 1 heterocycles. The van der Waals surface area contributed by atoms with E-state index in [1.807, 2.05) is 48.3 Å². The topological polar surface area (TPSA) is 41.6 Å². The van der Waals surface area contributed by atoms with Crippen LogP contribution in [0.4, 0.5) is 13.2 Å². The molecule has 1 fully saturated rings. The summed E-state index contributed by atoms with van der Waals surface area (Å²) in [5, 5.41) is 4.67. The maximum Gasteiger partial charge on any atom is 0.416 e. The SMILES string of the molecule is CNC1CCC(N(Cc2cc(-c3ccc(C(F)(F)F)cc3)ccc2OC)C(=O)c2sc3ccccc3c2Cl)CC1. The van der Waals surface area contributed by atoms with Crippen molar-refractivity contribution in [2.75, 3.05) is 14.2 Å². The highest BCUT2D eigenvalue weighted by Gasteiger charge is 2.32. The molecule has 1 N–H and O–H groups in total. The normalized spacial score (nSPS) is 17.6. The number of fused-ring (bicyclic) bond motifs is 1. The van der Waals surface area contributed by atoms with Gasteiger partial charge in [0, 0.05) is 34.3 Å². The zero-order valence-electron chi connectivity index (χ0n) is 22.2. The Morgan fingerprint density at radius 2 is 1.70 bits per heavy atom. The summed E-state index contributed by atoms with van der Waals surface area (Å²) in [7, 11) is 3.53. The maximum absolute atomic E-state index is 14.2. The van der Waals surface area contributed by atoms with E-state index in [4.69, 9.17) is 16.3 Å². The van der Waals surface area contributed by atoms with Gasteiger partial charge in [0.2, 0.25) is 0 Å². The molecule has 0 saturated heterocycles. The van der Waals surface area contributed by atoms with Gasteiger partial charge in [0.05, 0.1) is 17.7 Å². The number of methoxy groups -OCH3 is 1. The molecule has 1 saturated carbocycles. The molecule has 0 aliphatic heterocycles. The second kappa shape index (κ2) is 11.8. The molecule has 1 aliphatic rings. The number of hydrogen-bond donors (Lipinski definition) is 1. The molecule has 1 aliphatic carbocycles. The maximum atomic E-state index is 14.2. The molecule has 3 aromatic carbocycles. The number of nitrogens with zero attached hydrogens (tertiary/aromatic N) is 1. The number of carbonyl (C=O) groups excluding carboxylic acids is 1. The number of thiophene rings is 1. The number of rotatable bonds is 7. The fourth-order valence-electron chi connectivity index (χ4n) is 5.44. The van der Waals surface area contributed by atoms with Gasteiger partial charge in [-0.2, -0.15) is 13.2 Å². The first-order chi connectivity index (χ1) is 19.2. The largest absolute Gasteiger partial charge is 0.496 e. The van der Waals surface area contributed by atoms with Crippen LogP contribution in [-0.2, 0) is 12.7 Å². The number of nitrogens with one attached hydrogen (secondary N) is 1. The lowest BCUT2D eigenvalue weighted by Gasteiger charge is -2.37. The average molecular weight is 587 g/mol. The van der Waals surface area contributed by atoms with Crippen LogP contribution >= 0.6 is 22.9 Å². The molecule has 4 aromatic rings. The number of carbonyl (C=O) groups is 1. The number of hydrogen-bond acceptors (Lipinski definition) is 4. The zero-order valence-corrected chi connectivity index (χ0v) is 23.8. The summed E-state index contributed by atoms with van der Waals surface area (Å²) in [4.78, 5) is 16.6. The quantitative estimate of drug-likeness (QED) is 0.236. The van der Waals surface area contributed by atoms with E-state index in [1.54, 1.807) is 13.2 Å². The molecule has 40 heavy (non-hydrogen) atoms. The van der Waals surface area contributed by atoms with Crippen LogP contribution in [0.1, 0.15) is 46.5 Å². The smallest absolute Gasteiger partial charge is 0.416 e. The number of amides is 1. The van der Waals surface area contributed by atoms with Crippen LogP contribution in [0, 0.1) is 0 Å². The summed E-state index contributed by atoms with van der Waals surface area (Å²) < 4.78 is 45.9. The lowest BCUT2D eigenvalue weighted by molar-refractivity contribution is -0.137. The van der Waals surface area contributed by atoms with Crippen LogP contribution < -0.4 is 10.1 Å². The van der Waals surface area contributed by atoms with Crippen molar-refractivity contribution in [3.8, 4) is 16.9 Å². The van der Waals surface area contributed by atoms with Crippen molar-refractivity contribution < 1.29 is 22.7 Å². The summed E-state index contributed by atoms with van der Waals surface area (Å²) >= 11 is 8.13. The van der Waals surface area contributed by atoms with Crippen LogP contribution in [0.25, 0.3) is 21.2 Å². The van der Waals surface area contributed by atoms with Crippen molar-refractivity contribution in [1.29, 1.82) is 0 Å². The van der Waals surface area contributed by atoms with Crippen LogP contribution in [0.3, 0.4) is 0 Å². The Kier molecular flexibility index (Phi) is 8.40. The van der Waals surface area contributed by atoms with Crippen LogP contribution in [0.2, 0.25) is 5.02 Å². The minimum Gasteiger partial charge on any atom is -0.496 e. The van der Waals surface area contributed by atoms with Gasteiger partial charge in [-0.05, 0) is 74.2 Å². The Labute approximate surface area is 240 Å². The van der Waals surface area contributed by atoms with Gasteiger partial charge in [0.15, 0.2) is 0 Å². The lowest BCUT2D eigenvalue weighted by Crippen LogP contribution is -2.44. The number of halogens is 4. The summed E-state index contributed by atoms with van der Waals surface area (Å²) in [6, 6.07) is 18.8. The molecule has 1 amide bonds. The summed E-state index contributed by atoms with van der Waals surface area (Å²) in [6.45, 7) is 0.288. The fourth-order valence-corrected chi connectivity index (χ4v) is 6.91. The standard InChI is InChI=1S/C31H30ClF3N2O2S/c1-36-23-12-14-24(15-13-23)37(30(38)29-28(32)25-5-3-4-6-27(25)40-29)18-21-17-20(9-16-26(21)39-2)19-7-10-22(11-8-19)31(33,34)35/h3-11,16-17,23-24,36H,12-15,18H2,1-2H3. The first-order valence-corrected chi connectivity index (χ1v) is 14.4. The molecule has 0 unspecified atom stereocenters. The summed E-state index contributed by atoms with van der Waals surface area (Å²) in [6.07, 6.45) is -0.798. The van der Waals surface area contributed by atoms with E-state index in [0.717, 1.165) is 59.0 Å². The highest BCUT2D eigenvalue weighted by atomic mass is 35.5. The van der Waals surface area contributed by atoms with Gasteiger partial charge >= 0.3 is 6.18 Å². The summed E-state index contributed by atoms with van der Waals surface area (Å²) in [5.41, 5.74) is 1.48. The Bertz CT molecular complexity index is 1490. The Balaban J connectivity index is 1.51. The molecular formula is C31H30ClF3N2O2S. The third-order valence-corrected chi connectivity index (χ3v) is 9.37. The van der Waals surface area contributed by atoms with Crippen LogP contribution in [-0.4, -0.2) is 37.0 Å². The number of ether oxygens (including phenoxy) is 1. The molecule has 5 rings (SSSR count). The third kappa shape index (κ3) is 5.85. The predicted molar refractivity (Wildman–Crippen MR) is 155 cm³/mol. The second-order valence-corrected chi connectivity index (χ2v) is 11.5. The number of benzene rings is 3. The van der Waals surface area contributed by atoms with Crippen LogP contribution in [0.15, 0.2) is 66.7 Å². The van der Waals surface area contributed by atoms with Gasteiger partial charge in [-0.1, -0.05) is 48.0 Å². The van der Waals surface area contributed by atoms with Crippen molar-refractivity contribution in [3.05, 3.63) is 87.8 Å². The van der Waals surface area contributed by atoms with Gasteiger partial charge < -0.3 is 15.0 Å². The Morgan fingerprint density at radius 3 is 2.33 bits per heavy atom. The van der Waals surface area contributed by atoms with Gasteiger partial charge in [0.1, 0.15) is 10.6 Å². The second-order valence-electron chi connectivity index (χ2n) is 10.1. The van der Waals surface area contributed by atoms with E-state index in [0.29, 0.717) is 27.3 Å². The Hall–Kier alpha value is -3.07. The van der Waals surface area contributed by atoms with Gasteiger partial charge in [-0.25, -0.2) is 0 Å². The molecule has 0 spiro atoms. The average Bonchev–Trinajstić information content (AvgIpc) is 3.31. The highest BCUT2D eigenvalue weighted by Crippen LogP contribution is 2.38. The van der Waals surface area contributed by atoms with Crippen LogP contribution in [0.5, 0.6) is 5.75 Å². The molecule has 0 atom stereocenters. The van der Waals surface area contributed by atoms with E-state index in [-0.39, 0.29) is 18.5 Å². The molecule has 4 nitrogen and oxygen atoms in total. The predicted octanol–water partition coefficient (Wildman–Crippen LogP) is 8.42. The molecule has 1 aromatic heterocycles. The van der Waals surface area contributed by atoms with Crippen molar-refractivity contribution in [2.24, 2.45) is 0 Å². The van der Waals surface area contributed by atoms with Gasteiger partial charge in [0.25, 0.3) is 5.91 Å². The van der Waals surface area contributed by atoms with Gasteiger partial charge in [-0.3, -0.25) is 4.79 Å². The zero-order chi connectivity index (χ0) is 28.4. The van der Waals surface area contributed by atoms with E-state index in [9.17, 15) is 18.0 Å². The van der Waals surface area contributed by atoms with Crippen molar-refractivity contribution in [2.45, 2.75) is 50.5 Å². The third-order valence-electron chi connectivity index (χ3n) is 7.70. The first kappa shape index (κ1) is 28.5. The minimum absolute atomic E-state index is 0.0119. The highest BCUT2D eigenvalue weighted by molar-refractivity contribution is 7.21. The van der Waals surface area contributed by atoms with Gasteiger partial charge in [-0.15, -0.1) is 11.3 Å². The van der Waals surface area contributed by atoms with Crippen molar-refractivity contribution >= 4 is 38.9 Å². The molecular weight excluding hydrogens is 557 g/mol. The molecule has 0 radical (unpaired) electrons. The summed E-state index contributed by atoms with van der Waals surface area (Å²) in [5.74, 6) is 0.487. The van der Waals surface area contributed by atoms with E-state index < -0.39 is 11.7 Å². The monoisotopic (exact) mass is 586 g/mol. The van der Waals surface area contributed by atoms with E-state index in [2.05, 4.69) is 5.32 Å². The number of alkyl halides is 3. The fraction of sp³-hybridized carbons (Fsp3) is 0.323. The Morgan fingerprint density at radius 1 is 1.02 bits per heavy atom. The molecule has 0 bridgehead atoms. The molecule has 210 valence electrons. The van der Waals surface area contributed by atoms with E-state index in [1.165, 1.54) is 23.5 Å². The minimum atomic E-state index is -4.40. The van der Waals surface area contributed by atoms with E-state index >= 15 is 0 Å². The molecule has 9 heteroatoms. The van der Waals surface area contributed by atoms with Crippen molar-refractivity contribution in [1.82, 2.24) is 10.2 Å². The first-order valence-electron chi connectivity index (χ1n) is 13.2. The van der Waals surface area contributed by atoms with Crippen molar-refractivity contribution in [3.63, 3.8) is 0 Å².